The molecule has 7 aromatic carbocycles. The van der Waals surface area contributed by atoms with Crippen molar-refractivity contribution in [1.82, 2.24) is 9.13 Å². The van der Waals surface area contributed by atoms with Crippen LogP contribution < -0.4 is 0 Å². The standard InChI is InChI=1S/C45H25N5/c1-48-33-19-22-44-40(26-33)39-20-17-29(27-46)23-45(39)49(44)34-10-8-9-30(25-34)35-21-18-31(24-32(35)28-47)36-11-2-5-14-41(36)50-42-15-6-3-12-37(42)38-13-4-7-16-43(38)50/h2-26H. The number of nitrogens with zero attached hydrogens (tertiary/aromatic N) is 5. The van der Waals surface area contributed by atoms with Gasteiger partial charge in [-0.25, -0.2) is 4.85 Å². The van der Waals surface area contributed by atoms with Gasteiger partial charge in [0.25, 0.3) is 0 Å². The lowest BCUT2D eigenvalue weighted by atomic mass is 9.94. The third kappa shape index (κ3) is 4.38. The number of aromatic nitrogens is 2. The van der Waals surface area contributed by atoms with E-state index in [9.17, 15) is 10.5 Å². The topological polar surface area (TPSA) is 61.8 Å². The maximum Gasteiger partial charge on any atom is 0.188 e. The van der Waals surface area contributed by atoms with Gasteiger partial charge in [-0.2, -0.15) is 10.5 Å². The van der Waals surface area contributed by atoms with Crippen molar-refractivity contribution < 1.29 is 0 Å². The maximum atomic E-state index is 10.5. The number of para-hydroxylation sites is 3. The van der Waals surface area contributed by atoms with E-state index in [4.69, 9.17) is 6.57 Å². The van der Waals surface area contributed by atoms with E-state index in [1.165, 1.54) is 10.8 Å². The summed E-state index contributed by atoms with van der Waals surface area (Å²) in [7, 11) is 0. The third-order valence-electron chi connectivity index (χ3n) is 9.60. The van der Waals surface area contributed by atoms with E-state index in [0.29, 0.717) is 16.8 Å². The molecule has 0 fully saturated rings. The Morgan fingerprint density at radius 2 is 1.18 bits per heavy atom. The molecule has 0 spiro atoms. The van der Waals surface area contributed by atoms with E-state index in [-0.39, 0.29) is 0 Å². The second kappa shape index (κ2) is 11.4. The Morgan fingerprint density at radius 3 is 1.94 bits per heavy atom. The first-order valence-electron chi connectivity index (χ1n) is 16.3. The molecular formula is C45H25N5. The van der Waals surface area contributed by atoms with Gasteiger partial charge in [0.05, 0.1) is 57.6 Å². The Balaban J connectivity index is 1.19. The average molecular weight is 636 g/mol. The molecule has 5 nitrogen and oxygen atoms in total. The van der Waals surface area contributed by atoms with E-state index in [0.717, 1.165) is 66.5 Å². The van der Waals surface area contributed by atoms with Gasteiger partial charge in [-0.3, -0.25) is 0 Å². The zero-order chi connectivity index (χ0) is 33.8. The fourth-order valence-corrected chi connectivity index (χ4v) is 7.39. The van der Waals surface area contributed by atoms with E-state index in [2.05, 4.69) is 105 Å². The van der Waals surface area contributed by atoms with Crippen molar-refractivity contribution in [2.24, 2.45) is 0 Å². The molecule has 0 aliphatic rings. The van der Waals surface area contributed by atoms with Crippen molar-refractivity contribution in [2.75, 3.05) is 0 Å². The Kier molecular flexibility index (Phi) is 6.56. The second-order valence-electron chi connectivity index (χ2n) is 12.3. The van der Waals surface area contributed by atoms with Gasteiger partial charge in [-0.1, -0.05) is 91.0 Å². The molecule has 2 aromatic heterocycles. The minimum Gasteiger partial charge on any atom is -0.309 e. The lowest BCUT2D eigenvalue weighted by Crippen LogP contribution is -1.98. The zero-order valence-corrected chi connectivity index (χ0v) is 26.7. The van der Waals surface area contributed by atoms with Crippen molar-refractivity contribution in [2.45, 2.75) is 0 Å². The molecule has 9 rings (SSSR count). The summed E-state index contributed by atoms with van der Waals surface area (Å²) in [6.45, 7) is 7.55. The van der Waals surface area contributed by atoms with Gasteiger partial charge < -0.3 is 9.13 Å². The largest absolute Gasteiger partial charge is 0.309 e. The Bertz CT molecular complexity index is 2920. The second-order valence-corrected chi connectivity index (χ2v) is 12.3. The molecule has 0 aliphatic heterocycles. The van der Waals surface area contributed by atoms with Gasteiger partial charge in [-0.05, 0) is 82.7 Å². The Morgan fingerprint density at radius 1 is 0.480 bits per heavy atom. The first-order valence-corrected chi connectivity index (χ1v) is 16.3. The van der Waals surface area contributed by atoms with Crippen LogP contribution in [0, 0.1) is 29.2 Å². The summed E-state index contributed by atoms with van der Waals surface area (Å²) < 4.78 is 4.44. The molecular weight excluding hydrogens is 611 g/mol. The molecule has 2 heterocycles. The Hall–Kier alpha value is -7.39. The average Bonchev–Trinajstić information content (AvgIpc) is 3.69. The smallest absolute Gasteiger partial charge is 0.188 e. The molecule has 0 radical (unpaired) electrons. The molecule has 5 heteroatoms. The van der Waals surface area contributed by atoms with Crippen molar-refractivity contribution >= 4 is 49.3 Å². The molecule has 0 bridgehead atoms. The number of fused-ring (bicyclic) bond motifs is 6. The summed E-state index contributed by atoms with van der Waals surface area (Å²) >= 11 is 0. The van der Waals surface area contributed by atoms with Crippen LogP contribution in [0.4, 0.5) is 5.69 Å². The summed E-state index contributed by atoms with van der Waals surface area (Å²) in [6, 6.07) is 55.7. The minimum absolute atomic E-state index is 0.562. The van der Waals surface area contributed by atoms with Gasteiger partial charge in [0.15, 0.2) is 5.69 Å². The third-order valence-corrected chi connectivity index (χ3v) is 9.60. The highest BCUT2D eigenvalue weighted by molar-refractivity contribution is 6.11. The van der Waals surface area contributed by atoms with Crippen LogP contribution in [0.3, 0.4) is 0 Å². The molecule has 0 aliphatic carbocycles. The summed E-state index contributed by atoms with van der Waals surface area (Å²) in [5, 5.41) is 24.5. The molecule has 50 heavy (non-hydrogen) atoms. The van der Waals surface area contributed by atoms with Gasteiger partial charge >= 0.3 is 0 Å². The minimum atomic E-state index is 0.562. The van der Waals surface area contributed by atoms with Crippen molar-refractivity contribution in [3.8, 4) is 45.8 Å². The van der Waals surface area contributed by atoms with Crippen molar-refractivity contribution in [3.63, 3.8) is 0 Å². The fraction of sp³-hybridized carbons (Fsp3) is 0. The quantitative estimate of drug-likeness (QED) is 0.181. The number of rotatable bonds is 4. The van der Waals surface area contributed by atoms with Gasteiger partial charge in [0.1, 0.15) is 0 Å². The summed E-state index contributed by atoms with van der Waals surface area (Å²) in [6.07, 6.45) is 0. The predicted octanol–water partition coefficient (Wildman–Crippen LogP) is 11.5. The van der Waals surface area contributed by atoms with Crippen molar-refractivity contribution in [3.05, 3.63) is 174 Å². The van der Waals surface area contributed by atoms with E-state index >= 15 is 0 Å². The fourth-order valence-electron chi connectivity index (χ4n) is 7.39. The van der Waals surface area contributed by atoms with Crippen LogP contribution in [0.5, 0.6) is 0 Å². The first-order chi connectivity index (χ1) is 24.7. The van der Waals surface area contributed by atoms with E-state index in [1.807, 2.05) is 72.8 Å². The highest BCUT2D eigenvalue weighted by Gasteiger charge is 2.18. The normalized spacial score (nSPS) is 11.1. The van der Waals surface area contributed by atoms with E-state index < -0.39 is 0 Å². The lowest BCUT2D eigenvalue weighted by Gasteiger charge is -2.15. The molecule has 0 N–H and O–H groups in total. The Labute approximate surface area is 288 Å². The molecule has 0 saturated carbocycles. The highest BCUT2D eigenvalue weighted by Crippen LogP contribution is 2.39. The van der Waals surface area contributed by atoms with Crippen LogP contribution in [-0.4, -0.2) is 9.13 Å². The SMILES string of the molecule is [C-]#[N+]c1ccc2c(c1)c1ccc(C#N)cc1n2-c1cccc(-c2ccc(-c3ccccc3-n3c4ccccc4c4ccccc43)cc2C#N)c1. The highest BCUT2D eigenvalue weighted by atomic mass is 15.0. The van der Waals surface area contributed by atoms with Gasteiger partial charge in [0.2, 0.25) is 0 Å². The lowest BCUT2D eigenvalue weighted by molar-refractivity contribution is 1.18. The maximum absolute atomic E-state index is 10.5. The van der Waals surface area contributed by atoms with Crippen LogP contribution in [0.1, 0.15) is 11.1 Å². The monoisotopic (exact) mass is 635 g/mol. The van der Waals surface area contributed by atoms with Crippen LogP contribution in [-0.2, 0) is 0 Å². The molecule has 0 unspecified atom stereocenters. The van der Waals surface area contributed by atoms with Crippen LogP contribution in [0.25, 0.3) is 82.1 Å². The molecule has 0 amide bonds. The van der Waals surface area contributed by atoms with E-state index in [1.54, 1.807) is 0 Å². The number of hydrogen-bond donors (Lipinski definition) is 0. The van der Waals surface area contributed by atoms with Gasteiger partial charge in [-0.15, -0.1) is 0 Å². The molecule has 0 saturated heterocycles. The van der Waals surface area contributed by atoms with Crippen molar-refractivity contribution in [1.29, 1.82) is 10.5 Å². The molecule has 0 atom stereocenters. The molecule has 230 valence electrons. The zero-order valence-electron chi connectivity index (χ0n) is 26.7. The summed E-state index contributed by atoms with van der Waals surface area (Å²) in [5.41, 5.74) is 11.5. The first kappa shape index (κ1) is 28.8. The van der Waals surface area contributed by atoms with Crippen LogP contribution in [0.15, 0.2) is 152 Å². The van der Waals surface area contributed by atoms with Gasteiger partial charge in [0, 0.05) is 27.4 Å². The number of hydrogen-bond acceptors (Lipinski definition) is 2. The summed E-state index contributed by atoms with van der Waals surface area (Å²) in [5.74, 6) is 0. The van der Waals surface area contributed by atoms with Crippen LogP contribution in [0.2, 0.25) is 0 Å². The number of benzene rings is 7. The molecule has 9 aromatic rings. The number of nitriles is 2. The summed E-state index contributed by atoms with van der Waals surface area (Å²) in [4.78, 5) is 3.65. The van der Waals surface area contributed by atoms with Crippen LogP contribution >= 0.6 is 0 Å². The predicted molar refractivity (Wildman–Crippen MR) is 202 cm³/mol.